The fourth-order valence-electron chi connectivity index (χ4n) is 3.93. The Balaban J connectivity index is 0.000000665. The van der Waals surface area contributed by atoms with E-state index in [1.54, 1.807) is 6.92 Å². The number of amides is 1. The number of rotatable bonds is 9. The van der Waals surface area contributed by atoms with Crippen molar-refractivity contribution in [1.29, 1.82) is 0 Å². The topological polar surface area (TPSA) is 90.6 Å². The van der Waals surface area contributed by atoms with Crippen LogP contribution in [0.2, 0.25) is 0 Å². The third-order valence-corrected chi connectivity index (χ3v) is 4.95. The zero-order valence-corrected chi connectivity index (χ0v) is 19.6. The maximum atomic E-state index is 11.6. The van der Waals surface area contributed by atoms with E-state index in [0.717, 1.165) is 44.9 Å². The first-order valence-corrected chi connectivity index (χ1v) is 10.9. The highest BCUT2D eigenvalue weighted by atomic mass is 16.5. The highest BCUT2D eigenvalue weighted by Gasteiger charge is 2.40. The molecular weight excluding hydrogens is 368 g/mol. The van der Waals surface area contributed by atoms with Crippen LogP contribution >= 0.6 is 0 Å². The van der Waals surface area contributed by atoms with Crippen LogP contribution < -0.4 is 11.1 Å². The number of esters is 1. The Labute approximate surface area is 178 Å². The normalized spacial score (nSPS) is 22.7. The number of alkyl carbamates (subject to hydrolysis) is 1. The Morgan fingerprint density at radius 1 is 1.07 bits per heavy atom. The average Bonchev–Trinajstić information content (AvgIpc) is 2.59. The number of carbonyl (C=O) groups is 2. The zero-order chi connectivity index (χ0) is 22.5. The van der Waals surface area contributed by atoms with Gasteiger partial charge in [-0.2, -0.15) is 0 Å². The van der Waals surface area contributed by atoms with E-state index in [0.29, 0.717) is 25.3 Å². The summed E-state index contributed by atoms with van der Waals surface area (Å²) in [5.74, 6) is -0.284. The second kappa shape index (κ2) is 13.6. The molecule has 1 rings (SSSR count). The largest absolute Gasteiger partial charge is 0.462 e. The van der Waals surface area contributed by atoms with E-state index in [4.69, 9.17) is 15.2 Å². The summed E-state index contributed by atoms with van der Waals surface area (Å²) < 4.78 is 9.92. The van der Waals surface area contributed by atoms with E-state index in [1.807, 2.05) is 0 Å². The Morgan fingerprint density at radius 2 is 1.62 bits per heavy atom. The van der Waals surface area contributed by atoms with Crippen LogP contribution in [0.15, 0.2) is 12.2 Å². The summed E-state index contributed by atoms with van der Waals surface area (Å²) in [4.78, 5) is 22.3. The molecule has 1 aliphatic rings. The number of hydrogen-bond donors (Lipinski definition) is 2. The Hall–Kier alpha value is -1.56. The fraction of sp³-hybridized carbons (Fsp3) is 0.826. The van der Waals surface area contributed by atoms with Crippen LogP contribution in [0.25, 0.3) is 0 Å². The van der Waals surface area contributed by atoms with Crippen LogP contribution in [0.5, 0.6) is 0 Å². The molecule has 0 aromatic heterocycles. The van der Waals surface area contributed by atoms with Gasteiger partial charge in [-0.05, 0) is 49.9 Å². The Kier molecular flexibility index (Phi) is 12.9. The molecule has 0 radical (unpaired) electrons. The molecule has 2 atom stereocenters. The zero-order valence-electron chi connectivity index (χ0n) is 19.6. The lowest BCUT2D eigenvalue weighted by Crippen LogP contribution is -2.47. The highest BCUT2D eigenvalue weighted by Crippen LogP contribution is 2.45. The van der Waals surface area contributed by atoms with Crippen molar-refractivity contribution >= 4 is 12.1 Å². The summed E-state index contributed by atoms with van der Waals surface area (Å²) in [6, 6.07) is 0.228. The van der Waals surface area contributed by atoms with Gasteiger partial charge >= 0.3 is 12.1 Å². The first-order chi connectivity index (χ1) is 13.4. The molecule has 6 heteroatoms. The molecule has 1 fully saturated rings. The maximum absolute atomic E-state index is 11.6. The van der Waals surface area contributed by atoms with E-state index in [2.05, 4.69) is 46.5 Å². The van der Waals surface area contributed by atoms with Crippen LogP contribution in [-0.2, 0) is 14.3 Å². The van der Waals surface area contributed by atoms with Crippen molar-refractivity contribution in [2.45, 2.75) is 92.5 Å². The predicted octanol–water partition coefficient (Wildman–Crippen LogP) is 4.96. The second-order valence-electron chi connectivity index (χ2n) is 9.43. The van der Waals surface area contributed by atoms with Crippen LogP contribution in [0.4, 0.5) is 4.79 Å². The first-order valence-electron chi connectivity index (χ1n) is 10.9. The first kappa shape index (κ1) is 27.4. The van der Waals surface area contributed by atoms with Crippen molar-refractivity contribution in [2.24, 2.45) is 16.6 Å². The van der Waals surface area contributed by atoms with Crippen LogP contribution in [0, 0.1) is 10.8 Å². The van der Waals surface area contributed by atoms with Gasteiger partial charge in [0.25, 0.3) is 0 Å². The second-order valence-corrected chi connectivity index (χ2v) is 9.43. The number of hydrogen-bond acceptors (Lipinski definition) is 5. The quantitative estimate of drug-likeness (QED) is 0.317. The van der Waals surface area contributed by atoms with Gasteiger partial charge in [0.1, 0.15) is 0 Å². The summed E-state index contributed by atoms with van der Waals surface area (Å²) in [5, 5.41) is 2.89. The molecule has 0 aliphatic heterocycles. The minimum Gasteiger partial charge on any atom is -0.462 e. The van der Waals surface area contributed by atoms with Crippen LogP contribution in [0.1, 0.15) is 86.5 Å². The van der Waals surface area contributed by atoms with Gasteiger partial charge in [-0.15, -0.1) is 0 Å². The van der Waals surface area contributed by atoms with Crippen molar-refractivity contribution in [1.82, 2.24) is 5.32 Å². The van der Waals surface area contributed by atoms with Gasteiger partial charge in [0.05, 0.1) is 13.2 Å². The third-order valence-electron chi connectivity index (χ3n) is 4.95. The molecular formula is C23H44N2O4. The lowest BCUT2D eigenvalue weighted by atomic mass is 9.63. The van der Waals surface area contributed by atoms with Crippen molar-refractivity contribution in [3.63, 3.8) is 0 Å². The summed E-state index contributed by atoms with van der Waals surface area (Å²) in [6.45, 7) is 17.6. The molecule has 0 bridgehead atoms. The van der Waals surface area contributed by atoms with E-state index < -0.39 is 0 Å². The van der Waals surface area contributed by atoms with Gasteiger partial charge in [0, 0.05) is 18.2 Å². The maximum Gasteiger partial charge on any atom is 0.407 e. The standard InChI is InChI=1S/C15H30N2O2.C8H14O2/c1-5-6-7-19-13(18)17-11-15(4)9-12(16)8-14(2,3)10-15;1-4-5-6-10-8(9)7(2)3/h12H,5-11,16H2,1-4H3,(H,17,18);2,4-6H2,1,3H3. The molecule has 6 nitrogen and oxygen atoms in total. The molecule has 3 N–H and O–H groups in total. The van der Waals surface area contributed by atoms with Crippen molar-refractivity contribution in [3.8, 4) is 0 Å². The van der Waals surface area contributed by atoms with Gasteiger partial charge in [-0.1, -0.05) is 54.0 Å². The lowest BCUT2D eigenvalue weighted by Gasteiger charge is -2.45. The Morgan fingerprint density at radius 3 is 2.10 bits per heavy atom. The molecule has 1 amide bonds. The molecule has 0 aromatic carbocycles. The van der Waals surface area contributed by atoms with Gasteiger partial charge < -0.3 is 20.5 Å². The number of nitrogens with two attached hydrogens (primary N) is 1. The summed E-state index contributed by atoms with van der Waals surface area (Å²) in [5.41, 5.74) is 6.94. The minimum absolute atomic E-state index is 0.0743. The number of nitrogens with one attached hydrogen (secondary N) is 1. The molecule has 2 unspecified atom stereocenters. The molecule has 1 aliphatic carbocycles. The van der Waals surface area contributed by atoms with Gasteiger partial charge in [-0.25, -0.2) is 9.59 Å². The van der Waals surface area contributed by atoms with Crippen LogP contribution in [-0.4, -0.2) is 37.9 Å². The summed E-state index contributed by atoms with van der Waals surface area (Å²) in [7, 11) is 0. The average molecular weight is 413 g/mol. The van der Waals surface area contributed by atoms with Crippen molar-refractivity contribution < 1.29 is 19.1 Å². The van der Waals surface area contributed by atoms with E-state index in [9.17, 15) is 9.59 Å². The van der Waals surface area contributed by atoms with E-state index in [1.165, 1.54) is 0 Å². The van der Waals surface area contributed by atoms with E-state index in [-0.39, 0.29) is 28.9 Å². The monoisotopic (exact) mass is 412 g/mol. The lowest BCUT2D eigenvalue weighted by molar-refractivity contribution is -0.139. The summed E-state index contributed by atoms with van der Waals surface area (Å²) >= 11 is 0. The number of ether oxygens (including phenoxy) is 2. The third kappa shape index (κ3) is 13.3. The molecule has 0 spiro atoms. The minimum atomic E-state index is -0.299. The van der Waals surface area contributed by atoms with Gasteiger partial charge in [0.2, 0.25) is 0 Å². The van der Waals surface area contributed by atoms with Gasteiger partial charge in [-0.3, -0.25) is 0 Å². The fourth-order valence-corrected chi connectivity index (χ4v) is 3.93. The van der Waals surface area contributed by atoms with Crippen molar-refractivity contribution in [2.75, 3.05) is 19.8 Å². The van der Waals surface area contributed by atoms with Crippen molar-refractivity contribution in [3.05, 3.63) is 12.2 Å². The number of carbonyl (C=O) groups excluding carboxylic acids is 2. The van der Waals surface area contributed by atoms with Gasteiger partial charge in [0.15, 0.2) is 0 Å². The molecule has 0 aromatic rings. The molecule has 170 valence electrons. The molecule has 29 heavy (non-hydrogen) atoms. The summed E-state index contributed by atoms with van der Waals surface area (Å²) in [6.07, 6.45) is 6.74. The SMILES string of the molecule is C=C(C)C(=O)OCCCC.CCCCOC(=O)NCC1(C)CC(N)CC(C)(C)C1. The molecule has 0 saturated heterocycles. The Bertz CT molecular complexity index is 519. The molecule has 0 heterocycles. The van der Waals surface area contributed by atoms with E-state index >= 15 is 0 Å². The smallest absolute Gasteiger partial charge is 0.407 e. The molecule has 1 saturated carbocycles. The number of unbranched alkanes of at least 4 members (excludes halogenated alkanes) is 2. The highest BCUT2D eigenvalue weighted by molar-refractivity contribution is 5.86. The van der Waals surface area contributed by atoms with Crippen LogP contribution in [0.3, 0.4) is 0 Å². The predicted molar refractivity (Wildman–Crippen MR) is 119 cm³/mol.